The molecule has 11 atom stereocenters. The lowest BCUT2D eigenvalue weighted by molar-refractivity contribution is 0.162. The van der Waals surface area contributed by atoms with E-state index in [1.54, 1.807) is 57.8 Å². The van der Waals surface area contributed by atoms with Crippen LogP contribution in [0.2, 0.25) is 0 Å². The smallest absolute Gasteiger partial charge is 0.0297 e. The molecule has 5 fully saturated rings. The average molecular weight is 1000 g/mol. The molecular weight excluding hydrogens is 865 g/mol. The van der Waals surface area contributed by atoms with Gasteiger partial charge in [0.25, 0.3) is 0 Å². The van der Waals surface area contributed by atoms with Gasteiger partial charge in [-0.2, -0.15) is 0 Å². The number of hydrogen-bond donors (Lipinski definition) is 0. The minimum atomic E-state index is 0.647. The minimum absolute atomic E-state index is 0.647. The van der Waals surface area contributed by atoms with Gasteiger partial charge in [0.1, 0.15) is 0 Å². The van der Waals surface area contributed by atoms with Gasteiger partial charge in [-0.15, -0.1) is 0 Å². The summed E-state index contributed by atoms with van der Waals surface area (Å²) in [6, 6.07) is 0. The van der Waals surface area contributed by atoms with Crippen LogP contribution in [-0.2, 0) is 0 Å². The van der Waals surface area contributed by atoms with Gasteiger partial charge in [-0.05, 0) is 134 Å². The summed E-state index contributed by atoms with van der Waals surface area (Å²) in [4.78, 5) is 0. The van der Waals surface area contributed by atoms with Crippen LogP contribution in [-0.4, -0.2) is 0 Å². The average Bonchev–Trinajstić information content (AvgIpc) is 4.22. The molecule has 5 aliphatic carbocycles. The number of rotatable bonds is 41. The van der Waals surface area contributed by atoms with E-state index in [0.717, 1.165) is 71.0 Å². The Morgan fingerprint density at radius 1 is 0.250 bits per heavy atom. The molecule has 5 saturated carbocycles. The predicted molar refractivity (Wildman–Crippen MR) is 323 cm³/mol. The Bertz CT molecular complexity index is 1200. The third-order valence-corrected chi connectivity index (χ3v) is 22.9. The second-order valence-corrected chi connectivity index (χ2v) is 29.3. The van der Waals surface area contributed by atoms with E-state index in [0.29, 0.717) is 5.41 Å². The van der Waals surface area contributed by atoms with Crippen molar-refractivity contribution in [3.8, 4) is 0 Å². The molecule has 0 radical (unpaired) electrons. The summed E-state index contributed by atoms with van der Waals surface area (Å²) in [6.07, 6.45) is 80.7. The van der Waals surface area contributed by atoms with Gasteiger partial charge in [0.05, 0.1) is 0 Å². The lowest BCUT2D eigenvalue weighted by Gasteiger charge is -2.35. The molecule has 0 aromatic carbocycles. The SMILES string of the molecule is CC1CCCCC(CCCCCCCCCC(CCCCCCCCCC2CCC(C)C(C)C2)(CCCCCCCCCC2CCC(C)C(C)C2)CCCCCCCCCC2CCC(C)C(C3CC3)C2)CC1. The molecule has 0 aliphatic heterocycles. The molecule has 0 spiro atoms. The predicted octanol–water partition coefficient (Wildman–Crippen LogP) is 25.2. The zero-order valence-electron chi connectivity index (χ0n) is 50.9. The lowest BCUT2D eigenvalue weighted by Crippen LogP contribution is -2.24. The maximum atomic E-state index is 2.58. The summed E-state index contributed by atoms with van der Waals surface area (Å²) < 4.78 is 0. The van der Waals surface area contributed by atoms with Gasteiger partial charge < -0.3 is 0 Å². The summed E-state index contributed by atoms with van der Waals surface area (Å²) in [5, 5.41) is 0. The summed E-state index contributed by atoms with van der Waals surface area (Å²) in [6.45, 7) is 15.1. The molecule has 0 saturated heterocycles. The molecule has 424 valence electrons. The molecular formula is C72H136. The van der Waals surface area contributed by atoms with Crippen LogP contribution in [0.15, 0.2) is 0 Å². The van der Waals surface area contributed by atoms with E-state index in [9.17, 15) is 0 Å². The van der Waals surface area contributed by atoms with Crippen molar-refractivity contribution >= 4 is 0 Å². The Balaban J connectivity index is 1.02. The molecule has 0 aromatic heterocycles. The zero-order chi connectivity index (χ0) is 50.9. The Kier molecular flexibility index (Phi) is 33.6. The van der Waals surface area contributed by atoms with Crippen LogP contribution in [0.3, 0.4) is 0 Å². The van der Waals surface area contributed by atoms with Crippen LogP contribution < -0.4 is 0 Å². The first-order valence-corrected chi connectivity index (χ1v) is 35.2. The largest absolute Gasteiger partial charge is 0.0625 e. The molecule has 0 heteroatoms. The minimum Gasteiger partial charge on any atom is -0.0625 e. The van der Waals surface area contributed by atoms with Crippen molar-refractivity contribution in [3.05, 3.63) is 0 Å². The van der Waals surface area contributed by atoms with E-state index in [4.69, 9.17) is 0 Å². The topological polar surface area (TPSA) is 0 Å². The maximum absolute atomic E-state index is 2.58. The quantitative estimate of drug-likeness (QED) is 0.0536. The van der Waals surface area contributed by atoms with E-state index in [1.807, 2.05) is 0 Å². The molecule has 11 unspecified atom stereocenters. The first kappa shape index (κ1) is 62.8. The van der Waals surface area contributed by atoms with E-state index in [1.165, 1.54) is 283 Å². The highest BCUT2D eigenvalue weighted by molar-refractivity contribution is 4.89. The fourth-order valence-corrected chi connectivity index (χ4v) is 16.8. The van der Waals surface area contributed by atoms with Gasteiger partial charge in [0.2, 0.25) is 0 Å². The van der Waals surface area contributed by atoms with E-state index >= 15 is 0 Å². The lowest BCUT2D eigenvalue weighted by atomic mass is 9.70. The fourth-order valence-electron chi connectivity index (χ4n) is 16.8. The van der Waals surface area contributed by atoms with Crippen molar-refractivity contribution in [2.45, 2.75) is 382 Å². The molecule has 0 aromatic rings. The van der Waals surface area contributed by atoms with E-state index in [-0.39, 0.29) is 0 Å². The summed E-state index contributed by atoms with van der Waals surface area (Å²) in [5.41, 5.74) is 0.647. The number of hydrogen-bond acceptors (Lipinski definition) is 0. The number of unbranched alkanes of at least 4 members (excludes halogenated alkanes) is 24. The van der Waals surface area contributed by atoms with Gasteiger partial charge in [-0.25, -0.2) is 0 Å². The summed E-state index contributed by atoms with van der Waals surface area (Å²) in [5.74, 6) is 12.3. The standard InChI is InChI=1S/C72H136/c1-60-37-31-32-39-66(47-43-60)38-27-19-11-7-15-23-33-53-72(54-34-24-16-8-12-20-28-40-67-48-44-61(2)64(5)57-67,55-35-25-17-9-13-21-29-41-68-49-45-62(3)65(6)58-68)56-36-26-18-10-14-22-30-42-69-50-46-63(4)71(59-69)70-51-52-70/h60-71H,7-59H2,1-6H3. The Hall–Kier alpha value is 0. The van der Waals surface area contributed by atoms with Crippen molar-refractivity contribution in [1.29, 1.82) is 0 Å². The van der Waals surface area contributed by atoms with Crippen LogP contribution in [0.25, 0.3) is 0 Å². The Morgan fingerprint density at radius 2 is 0.569 bits per heavy atom. The third-order valence-electron chi connectivity index (χ3n) is 22.9. The van der Waals surface area contributed by atoms with Gasteiger partial charge in [0.15, 0.2) is 0 Å². The molecule has 5 rings (SSSR count). The normalized spacial score (nSPS) is 30.5. The third kappa shape index (κ3) is 27.5. The van der Waals surface area contributed by atoms with Crippen LogP contribution in [0.5, 0.6) is 0 Å². The fraction of sp³-hybridized carbons (Fsp3) is 1.00. The van der Waals surface area contributed by atoms with E-state index < -0.39 is 0 Å². The Labute approximate surface area is 456 Å². The van der Waals surface area contributed by atoms with Crippen LogP contribution in [0.4, 0.5) is 0 Å². The van der Waals surface area contributed by atoms with Crippen molar-refractivity contribution in [2.24, 2.45) is 76.4 Å². The highest BCUT2D eigenvalue weighted by Gasteiger charge is 2.38. The second-order valence-electron chi connectivity index (χ2n) is 29.3. The van der Waals surface area contributed by atoms with Gasteiger partial charge in [0, 0.05) is 0 Å². The monoisotopic (exact) mass is 1000 g/mol. The second kappa shape index (κ2) is 38.5. The van der Waals surface area contributed by atoms with Crippen LogP contribution >= 0.6 is 0 Å². The first-order valence-electron chi connectivity index (χ1n) is 35.2. The molecule has 0 amide bonds. The van der Waals surface area contributed by atoms with Crippen LogP contribution in [0.1, 0.15) is 382 Å². The molecule has 0 nitrogen and oxygen atoms in total. The highest BCUT2D eigenvalue weighted by Crippen LogP contribution is 2.49. The van der Waals surface area contributed by atoms with Gasteiger partial charge >= 0.3 is 0 Å². The Morgan fingerprint density at radius 3 is 0.958 bits per heavy atom. The van der Waals surface area contributed by atoms with Crippen molar-refractivity contribution < 1.29 is 0 Å². The van der Waals surface area contributed by atoms with Gasteiger partial charge in [-0.1, -0.05) is 324 Å². The molecule has 0 bridgehead atoms. The van der Waals surface area contributed by atoms with E-state index in [2.05, 4.69) is 41.5 Å². The summed E-state index contributed by atoms with van der Waals surface area (Å²) >= 11 is 0. The first-order chi connectivity index (χ1) is 35.2. The molecule has 72 heavy (non-hydrogen) atoms. The molecule has 0 heterocycles. The van der Waals surface area contributed by atoms with Crippen molar-refractivity contribution in [3.63, 3.8) is 0 Å². The maximum Gasteiger partial charge on any atom is -0.0297 e. The van der Waals surface area contributed by atoms with Gasteiger partial charge in [-0.3, -0.25) is 0 Å². The summed E-state index contributed by atoms with van der Waals surface area (Å²) in [7, 11) is 0. The van der Waals surface area contributed by atoms with Crippen LogP contribution in [0, 0.1) is 76.4 Å². The van der Waals surface area contributed by atoms with Crippen molar-refractivity contribution in [1.82, 2.24) is 0 Å². The molecule has 0 N–H and O–H groups in total. The van der Waals surface area contributed by atoms with Crippen molar-refractivity contribution in [2.75, 3.05) is 0 Å². The zero-order valence-corrected chi connectivity index (χ0v) is 50.9. The molecule has 5 aliphatic rings. The highest BCUT2D eigenvalue weighted by atomic mass is 14.4.